The van der Waals surface area contributed by atoms with Gasteiger partial charge in [0.25, 0.3) is 0 Å². The van der Waals surface area contributed by atoms with Crippen LogP contribution in [0.3, 0.4) is 0 Å². The number of phenolic OH excluding ortho intramolecular Hbond substituents is 1. The average molecular weight is 662 g/mol. The van der Waals surface area contributed by atoms with Gasteiger partial charge in [0.15, 0.2) is 23.0 Å². The van der Waals surface area contributed by atoms with Crippen molar-refractivity contribution in [3.8, 4) is 34.8 Å². The fraction of sp³-hybridized carbons (Fsp3) is 0.375. The van der Waals surface area contributed by atoms with Gasteiger partial charge in [0.2, 0.25) is 6.79 Å². The van der Waals surface area contributed by atoms with Crippen molar-refractivity contribution in [1.82, 2.24) is 9.80 Å². The van der Waals surface area contributed by atoms with Gasteiger partial charge in [-0.05, 0) is 56.6 Å². The number of phenols is 1. The Morgan fingerprint density at radius 2 is 1.59 bits per heavy atom. The lowest BCUT2D eigenvalue weighted by atomic mass is 9.80. The van der Waals surface area contributed by atoms with Crippen LogP contribution < -0.4 is 18.9 Å². The Hall–Kier alpha value is -4.75. The number of nitriles is 1. The molecule has 4 aromatic carbocycles. The van der Waals surface area contributed by atoms with Crippen LogP contribution in [0.15, 0.2) is 66.7 Å². The van der Waals surface area contributed by atoms with Crippen LogP contribution in [0.1, 0.15) is 56.6 Å². The highest BCUT2D eigenvalue weighted by molar-refractivity contribution is 5.66. The van der Waals surface area contributed by atoms with E-state index >= 15 is 0 Å². The van der Waals surface area contributed by atoms with Crippen molar-refractivity contribution in [2.45, 2.75) is 64.1 Å². The second-order valence-corrected chi connectivity index (χ2v) is 13.3. The van der Waals surface area contributed by atoms with Gasteiger partial charge >= 0.3 is 0 Å². The Balaban J connectivity index is 1.42. The summed E-state index contributed by atoms with van der Waals surface area (Å²) in [7, 11) is 5.64. The highest BCUT2D eigenvalue weighted by Crippen LogP contribution is 2.56. The maximum atomic E-state index is 11.8. The van der Waals surface area contributed by atoms with Gasteiger partial charge in [-0.25, -0.2) is 0 Å². The number of benzene rings is 4. The van der Waals surface area contributed by atoms with E-state index in [4.69, 9.17) is 23.7 Å². The summed E-state index contributed by atoms with van der Waals surface area (Å²) in [6.07, 6.45) is 0.973. The fourth-order valence-electron chi connectivity index (χ4n) is 8.12. The first kappa shape index (κ1) is 32.8. The van der Waals surface area contributed by atoms with Crippen molar-refractivity contribution >= 4 is 0 Å². The summed E-state index contributed by atoms with van der Waals surface area (Å²) in [4.78, 5) is 4.44. The van der Waals surface area contributed by atoms with Crippen LogP contribution in [0.5, 0.6) is 28.7 Å². The van der Waals surface area contributed by atoms with Crippen LogP contribution in [-0.4, -0.2) is 61.6 Å². The first-order valence-electron chi connectivity index (χ1n) is 16.8. The van der Waals surface area contributed by atoms with Crippen molar-refractivity contribution in [1.29, 1.82) is 5.26 Å². The van der Waals surface area contributed by atoms with E-state index in [1.54, 1.807) is 7.11 Å². The molecule has 49 heavy (non-hydrogen) atoms. The van der Waals surface area contributed by atoms with Crippen molar-refractivity contribution in [3.05, 3.63) is 111 Å². The Kier molecular flexibility index (Phi) is 9.12. The number of rotatable bonds is 9. The van der Waals surface area contributed by atoms with Crippen LogP contribution in [-0.2, 0) is 30.8 Å². The largest absolute Gasteiger partial charge is 0.504 e. The van der Waals surface area contributed by atoms with Crippen LogP contribution in [0.25, 0.3) is 0 Å². The molecule has 0 saturated heterocycles. The molecule has 0 saturated carbocycles. The minimum Gasteiger partial charge on any atom is -0.504 e. The number of ether oxygens (including phenoxy) is 5. The number of hydrogen-bond donors (Lipinski definition) is 1. The smallest absolute Gasteiger partial charge is 0.231 e. The van der Waals surface area contributed by atoms with Gasteiger partial charge in [0, 0.05) is 34.7 Å². The molecule has 9 nitrogen and oxygen atoms in total. The number of likely N-dealkylation sites (N-methyl/N-ethyl adjacent to an activating group) is 1. The third-order valence-corrected chi connectivity index (χ3v) is 10.1. The second kappa shape index (κ2) is 13.6. The third kappa shape index (κ3) is 5.84. The van der Waals surface area contributed by atoms with Crippen LogP contribution >= 0.6 is 0 Å². The molecular formula is C40H43N3O6. The van der Waals surface area contributed by atoms with Crippen LogP contribution in [0.2, 0.25) is 0 Å². The molecule has 0 spiro atoms. The van der Waals surface area contributed by atoms with Crippen molar-refractivity contribution in [2.75, 3.05) is 34.6 Å². The van der Waals surface area contributed by atoms with Gasteiger partial charge in [0.1, 0.15) is 18.4 Å². The second-order valence-electron chi connectivity index (χ2n) is 13.3. The molecule has 0 radical (unpaired) electrons. The number of nitrogens with zero attached hydrogens (tertiary/aromatic N) is 3. The lowest BCUT2D eigenvalue weighted by molar-refractivity contribution is -0.0128. The number of aryl methyl sites for hydroxylation is 1. The van der Waals surface area contributed by atoms with E-state index in [0.717, 1.165) is 50.3 Å². The van der Waals surface area contributed by atoms with Gasteiger partial charge in [-0.2, -0.15) is 5.26 Å². The van der Waals surface area contributed by atoms with Gasteiger partial charge < -0.3 is 33.7 Å². The van der Waals surface area contributed by atoms with Crippen LogP contribution in [0, 0.1) is 25.2 Å². The Morgan fingerprint density at radius 1 is 0.918 bits per heavy atom. The van der Waals surface area contributed by atoms with E-state index in [0.29, 0.717) is 49.9 Å². The van der Waals surface area contributed by atoms with E-state index in [9.17, 15) is 10.4 Å². The summed E-state index contributed by atoms with van der Waals surface area (Å²) in [5, 5.41) is 22.7. The molecule has 7 rings (SSSR count). The molecule has 0 amide bonds. The monoisotopic (exact) mass is 661 g/mol. The lowest BCUT2D eigenvalue weighted by Crippen LogP contribution is -2.54. The minimum atomic E-state index is -0.521. The van der Waals surface area contributed by atoms with Gasteiger partial charge in [-0.1, -0.05) is 66.7 Å². The lowest BCUT2D eigenvalue weighted by Gasteiger charge is -2.48. The molecule has 0 aromatic heterocycles. The topological polar surface area (TPSA) is 96.7 Å². The third-order valence-electron chi connectivity index (χ3n) is 10.1. The maximum absolute atomic E-state index is 11.8. The standard InChI is InChI=1S/C40H43N3O6/c1-24-16-28-17-29(19-41)43-31(35(42(3)4)33(28)36(44)37(24)45-5)18-30-34(32(43)22-46-20-26-12-8-6-9-13-26)40-39(48-23-49-40)25(2)38(30)47-21-27-14-10-7-11-15-27/h6-16,29,31-32,35,44H,17-18,20-23H2,1-5H3/t29-,31+,32+,35-/m1/s1. The van der Waals surface area contributed by atoms with Crippen molar-refractivity contribution < 1.29 is 28.8 Å². The fourth-order valence-corrected chi connectivity index (χ4v) is 8.12. The molecule has 1 N–H and O–H groups in total. The molecule has 0 unspecified atom stereocenters. The molecule has 0 fully saturated rings. The molecule has 4 aromatic rings. The number of aromatic hydroxyl groups is 1. The summed E-state index contributed by atoms with van der Waals surface area (Å²) in [5.41, 5.74) is 7.50. The predicted molar refractivity (Wildman–Crippen MR) is 185 cm³/mol. The van der Waals surface area contributed by atoms with E-state index in [1.165, 1.54) is 0 Å². The highest BCUT2D eigenvalue weighted by Gasteiger charge is 2.50. The quantitative estimate of drug-likeness (QED) is 0.214. The zero-order chi connectivity index (χ0) is 34.2. The van der Waals surface area contributed by atoms with Crippen molar-refractivity contribution in [3.63, 3.8) is 0 Å². The molecule has 9 heteroatoms. The summed E-state index contributed by atoms with van der Waals surface area (Å²) in [6, 6.07) is 23.5. The Labute approximate surface area is 288 Å². The molecule has 3 aliphatic heterocycles. The molecule has 0 aliphatic carbocycles. The maximum Gasteiger partial charge on any atom is 0.231 e. The molecule has 3 heterocycles. The zero-order valence-electron chi connectivity index (χ0n) is 28.7. The minimum absolute atomic E-state index is 0.103. The summed E-state index contributed by atoms with van der Waals surface area (Å²) in [6.45, 7) is 5.16. The molecular weight excluding hydrogens is 618 g/mol. The zero-order valence-corrected chi connectivity index (χ0v) is 28.7. The van der Waals surface area contributed by atoms with Crippen molar-refractivity contribution in [2.24, 2.45) is 0 Å². The van der Waals surface area contributed by atoms with Gasteiger partial charge in [-0.15, -0.1) is 0 Å². The SMILES string of the molecule is COc1c(C)cc2c(c1O)[C@H](N(C)C)[C@@H]1Cc3c(OCc4ccccc4)c(C)c4c(c3[C@H](COCc3ccccc3)N1[C@@H](C#N)C2)OCO4. The van der Waals surface area contributed by atoms with E-state index < -0.39 is 6.04 Å². The molecule has 254 valence electrons. The summed E-state index contributed by atoms with van der Waals surface area (Å²) >= 11 is 0. The number of hydrogen-bond acceptors (Lipinski definition) is 9. The number of methoxy groups -OCH3 is 1. The van der Waals surface area contributed by atoms with E-state index in [1.807, 2.05) is 76.5 Å². The summed E-state index contributed by atoms with van der Waals surface area (Å²) < 4.78 is 31.4. The highest BCUT2D eigenvalue weighted by atomic mass is 16.7. The average Bonchev–Trinajstić information content (AvgIpc) is 3.54. The Bertz CT molecular complexity index is 1870. The van der Waals surface area contributed by atoms with Crippen LogP contribution in [0.4, 0.5) is 0 Å². The Morgan fingerprint density at radius 3 is 2.24 bits per heavy atom. The normalized spacial score (nSPS) is 20.9. The first-order chi connectivity index (χ1) is 23.8. The molecule has 4 atom stereocenters. The van der Waals surface area contributed by atoms with E-state index in [-0.39, 0.29) is 30.7 Å². The molecule has 3 aliphatic rings. The van der Waals surface area contributed by atoms with E-state index in [2.05, 4.69) is 34.1 Å². The molecule has 0 bridgehead atoms. The first-order valence-corrected chi connectivity index (χ1v) is 16.8. The van der Waals surface area contributed by atoms with Gasteiger partial charge in [-0.3, -0.25) is 4.90 Å². The summed E-state index contributed by atoms with van der Waals surface area (Å²) in [5.74, 6) is 2.70. The van der Waals surface area contributed by atoms with Gasteiger partial charge in [0.05, 0.1) is 38.5 Å². The predicted octanol–water partition coefficient (Wildman–Crippen LogP) is 6.56. The number of fused-ring (bicyclic) bond motifs is 5.